The Morgan fingerprint density at radius 2 is 0.902 bits per heavy atom. The number of carbonyl (C=O) groups is 3. The number of hydrogen-bond acceptors (Lipinski definition) is 18. The molecule has 6 aromatic carbocycles. The molecule has 6 aromatic heterocycles. The molecule has 35 heteroatoms. The highest BCUT2D eigenvalue weighted by Gasteiger charge is 2.31. The number of nitrogens with one attached hydrogen (secondary N) is 6. The van der Waals surface area contributed by atoms with Gasteiger partial charge in [0.25, 0.3) is 30.1 Å². The van der Waals surface area contributed by atoms with Crippen molar-refractivity contribution >= 4 is 171 Å². The monoisotopic (exact) mass is 1400 g/mol. The molecule has 12 aromatic rings. The molecule has 0 fully saturated rings. The molecule has 474 valence electrons. The van der Waals surface area contributed by atoms with Crippen molar-refractivity contribution in [1.29, 1.82) is 0 Å². The third-order valence-electron chi connectivity index (χ3n) is 13.1. The lowest BCUT2D eigenvalue weighted by Gasteiger charge is -2.10. The molecular weight excluding hydrogens is 1360 g/mol. The highest BCUT2D eigenvalue weighted by Crippen LogP contribution is 2.33. The predicted octanol–water partition coefficient (Wildman–Crippen LogP) is 11.9. The minimum atomic E-state index is -4.45. The van der Waals surface area contributed by atoms with Crippen LogP contribution < -0.4 is 30.1 Å². The summed E-state index contributed by atoms with van der Waals surface area (Å²) in [7, 11) is -11.4. The minimum Gasteiger partial charge on any atom is -0.347 e. The highest BCUT2D eigenvalue weighted by molar-refractivity contribution is 7.93. The van der Waals surface area contributed by atoms with Gasteiger partial charge in [0, 0.05) is 123 Å². The van der Waals surface area contributed by atoms with Crippen molar-refractivity contribution in [3.05, 3.63) is 199 Å². The molecule has 6 heterocycles. The van der Waals surface area contributed by atoms with Gasteiger partial charge in [-0.3, -0.25) is 28.5 Å². The zero-order valence-corrected chi connectivity index (χ0v) is 53.3. The average Bonchev–Trinajstić information content (AvgIpc) is 1.75. The van der Waals surface area contributed by atoms with E-state index in [1.807, 2.05) is 53.2 Å². The van der Waals surface area contributed by atoms with Gasteiger partial charge in [0.05, 0.1) is 30.8 Å². The van der Waals surface area contributed by atoms with E-state index in [0.717, 1.165) is 68.5 Å². The Balaban J connectivity index is 0.000000152. The van der Waals surface area contributed by atoms with E-state index in [-0.39, 0.29) is 73.7 Å². The van der Waals surface area contributed by atoms with Crippen LogP contribution in [0.5, 0.6) is 0 Å². The Bertz CT molecular complexity index is 4930. The van der Waals surface area contributed by atoms with E-state index < -0.39 is 41.8 Å². The number of nitrogens with zero attached hydrogens (tertiary/aromatic N) is 9. The van der Waals surface area contributed by atoms with Crippen LogP contribution in [0.15, 0.2) is 198 Å². The third-order valence-corrected chi connectivity index (χ3v) is 19.9. The zero-order valence-electron chi connectivity index (χ0n) is 46.9. The molecule has 0 aliphatic rings. The van der Waals surface area contributed by atoms with Crippen LogP contribution in [0.3, 0.4) is 0 Å². The van der Waals surface area contributed by atoms with E-state index in [4.69, 9.17) is 23.2 Å². The normalized spacial score (nSPS) is 11.7. The number of para-hydroxylation sites is 1. The van der Waals surface area contributed by atoms with Gasteiger partial charge in [-0.2, -0.15) is 26.3 Å². The maximum atomic E-state index is 13.0. The Labute approximate surface area is 543 Å². The van der Waals surface area contributed by atoms with Crippen LogP contribution in [0.4, 0.5) is 45.6 Å². The number of aryl methyl sites for hydroxylation is 2. The minimum absolute atomic E-state index is 0.0126. The van der Waals surface area contributed by atoms with Gasteiger partial charge < -0.3 is 29.7 Å². The van der Waals surface area contributed by atoms with Crippen molar-refractivity contribution < 1.29 is 52.8 Å². The molecule has 12 rings (SSSR count). The van der Waals surface area contributed by atoms with Crippen LogP contribution >= 0.6 is 57.8 Å². The van der Waals surface area contributed by atoms with Gasteiger partial charge in [-0.25, -0.2) is 40.2 Å². The van der Waals surface area contributed by atoms with Crippen molar-refractivity contribution in [1.82, 2.24) is 41.8 Å². The number of aromatic nitrogens is 9. The van der Waals surface area contributed by atoms with Crippen molar-refractivity contribution in [2.45, 2.75) is 53.3 Å². The zero-order chi connectivity index (χ0) is 65.2. The van der Waals surface area contributed by atoms with Crippen molar-refractivity contribution in [3.8, 4) is 0 Å². The van der Waals surface area contributed by atoms with Crippen LogP contribution in [0.25, 0.3) is 32.7 Å². The molecule has 0 aliphatic carbocycles. The maximum Gasteiger partial charge on any atom is 0.416 e. The fourth-order valence-corrected chi connectivity index (χ4v) is 14.3. The fourth-order valence-electron chi connectivity index (χ4n) is 8.84. The molecule has 24 nitrogen and oxygen atoms in total. The summed E-state index contributed by atoms with van der Waals surface area (Å²) >= 11 is 15.0. The summed E-state index contributed by atoms with van der Waals surface area (Å²) in [6.07, 6.45) is 4.94. The number of rotatable bonds is 20. The second-order valence-corrected chi connectivity index (χ2v) is 27.6. The molecule has 0 atom stereocenters. The van der Waals surface area contributed by atoms with Crippen LogP contribution in [-0.4, -0.2) is 84.7 Å². The first-order valence-electron chi connectivity index (χ1n) is 26.7. The number of alkyl halides is 3. The number of benzene rings is 6. The summed E-state index contributed by atoms with van der Waals surface area (Å²) in [6.45, 7) is 0.760. The van der Waals surface area contributed by atoms with E-state index >= 15 is 0 Å². The average molecular weight is 1410 g/mol. The molecule has 0 saturated carbocycles. The quantitative estimate of drug-likeness (QED) is 0.0413. The maximum absolute atomic E-state index is 13.0. The number of anilines is 6. The van der Waals surface area contributed by atoms with Gasteiger partial charge in [-0.05, 0) is 133 Å². The first kappa shape index (κ1) is 65.6. The van der Waals surface area contributed by atoms with E-state index in [1.165, 1.54) is 85.7 Å². The summed E-state index contributed by atoms with van der Waals surface area (Å²) < 4.78 is 136. The molecule has 6 N–H and O–H groups in total. The topological polar surface area (TPSA) is 318 Å². The lowest BCUT2D eigenvalue weighted by Crippen LogP contribution is -2.18. The Morgan fingerprint density at radius 3 is 1.36 bits per heavy atom. The van der Waals surface area contributed by atoms with Gasteiger partial charge >= 0.3 is 6.18 Å². The molecule has 0 saturated heterocycles. The molecule has 3 amide bonds. The summed E-state index contributed by atoms with van der Waals surface area (Å²) in [5.41, 5.74) is 2.79. The van der Waals surface area contributed by atoms with Gasteiger partial charge in [-0.15, -0.1) is 0 Å². The molecule has 0 aliphatic heterocycles. The molecule has 92 heavy (non-hydrogen) atoms. The lowest BCUT2D eigenvalue weighted by molar-refractivity contribution is -0.137. The molecule has 0 bridgehead atoms. The third kappa shape index (κ3) is 17.0. The van der Waals surface area contributed by atoms with E-state index in [9.17, 15) is 52.8 Å². The van der Waals surface area contributed by atoms with Crippen molar-refractivity contribution in [2.75, 3.05) is 30.1 Å². The van der Waals surface area contributed by atoms with Gasteiger partial charge in [0.1, 0.15) is 25.5 Å². The van der Waals surface area contributed by atoms with Gasteiger partial charge in [0.2, 0.25) is 33.1 Å². The molecule has 0 spiro atoms. The second-order valence-electron chi connectivity index (χ2n) is 19.4. The van der Waals surface area contributed by atoms with Crippen molar-refractivity contribution in [3.63, 3.8) is 0 Å². The lowest BCUT2D eigenvalue weighted by atomic mass is 10.1. The molecule has 0 unspecified atom stereocenters. The Kier molecular flexibility index (Phi) is 20.3. The van der Waals surface area contributed by atoms with Crippen LogP contribution in [0, 0.1) is 0 Å². The SMILES string of the molecule is O=C(CCn1ccc2cc(Cl)ccc21)Nc1ccc(S(=O)(=O)Nc2ncns2)cc1.O=C(CCn1ccc2ccc(C(F)(F)F)cc21)Nc1ccc(S(=O)(=O)Nc2ncns2)cc1.O=C(Cn1ccc2cccc(Cl)c21)Nc1ccc(S(=O)(=O)Nc2ncns2)cc1. The largest absolute Gasteiger partial charge is 0.416 e. The molecule has 0 radical (unpaired) electrons. The summed E-state index contributed by atoms with van der Waals surface area (Å²) in [5.74, 6) is -0.801. The number of halogens is 5. The van der Waals surface area contributed by atoms with Gasteiger partial charge in [0.15, 0.2) is 0 Å². The Morgan fingerprint density at radius 1 is 0.467 bits per heavy atom. The van der Waals surface area contributed by atoms with E-state index in [0.29, 0.717) is 44.6 Å². The smallest absolute Gasteiger partial charge is 0.347 e. The highest BCUT2D eigenvalue weighted by atomic mass is 35.5. The number of amides is 3. The predicted molar refractivity (Wildman–Crippen MR) is 347 cm³/mol. The van der Waals surface area contributed by atoms with E-state index in [2.05, 4.69) is 58.2 Å². The van der Waals surface area contributed by atoms with Gasteiger partial charge in [-0.1, -0.05) is 41.4 Å². The summed E-state index contributed by atoms with van der Waals surface area (Å²) in [5, 5.41) is 12.5. The second kappa shape index (κ2) is 28.4. The summed E-state index contributed by atoms with van der Waals surface area (Å²) in [6, 6.07) is 37.5. The van der Waals surface area contributed by atoms with Crippen LogP contribution in [-0.2, 0) is 70.3 Å². The van der Waals surface area contributed by atoms with Crippen LogP contribution in [0.1, 0.15) is 18.4 Å². The number of fused-ring (bicyclic) bond motifs is 3. The number of carbonyl (C=O) groups excluding carboxylic acids is 3. The van der Waals surface area contributed by atoms with Crippen molar-refractivity contribution in [2.24, 2.45) is 0 Å². The summed E-state index contributed by atoms with van der Waals surface area (Å²) in [4.78, 5) is 48.5. The number of hydrogen-bond donors (Lipinski definition) is 6. The van der Waals surface area contributed by atoms with E-state index in [1.54, 1.807) is 45.8 Å². The van der Waals surface area contributed by atoms with Crippen LogP contribution in [0.2, 0.25) is 10.0 Å². The first-order valence-corrected chi connectivity index (χ1v) is 34.2. The number of sulfonamides is 3. The fraction of sp³-hybridized carbons (Fsp3) is 0.105. The Hall–Kier alpha value is -9.35. The standard InChI is InChI=1S/C20H16F3N5O3S2.C19H16ClN5O3S2.C18H14ClN5O3S2/c21-20(22,23)14-2-1-13-7-9-28(17(13)11-14)10-8-18(29)26-15-3-5-16(6-4-15)33(30,31)27-19-24-12-25-32-19;20-14-1-6-17-13(11-14)7-9-25(17)10-8-18(26)23-15-2-4-16(5-3-15)30(27,28)24-19-21-12-22-29-19;19-15-3-1-2-12-8-9-24(17(12)15)10-16(25)22-13-4-6-14(7-5-13)29(26,27)23-18-20-11-21-28-18/h1-7,9,11-12H,8,10H2,(H,26,29)(H,24,25,27);1-7,9,11-12H,8,10H2,(H,23,26)(H,21,22,24);1-9,11H,10H2,(H,22,25)(H,20,21,23). The first-order chi connectivity index (χ1) is 43.9. The molecular formula is C57H46Cl2F3N15O9S6.